The van der Waals surface area contributed by atoms with Crippen LogP contribution in [0.15, 0.2) is 72.6 Å². The highest BCUT2D eigenvalue weighted by atomic mass is 32.1. The molecule has 4 rings (SSSR count). The van der Waals surface area contributed by atoms with Gasteiger partial charge >= 0.3 is 5.97 Å². The quantitative estimate of drug-likeness (QED) is 0.428. The Morgan fingerprint density at radius 3 is 2.55 bits per heavy atom. The number of phenolic OH excluding ortho intramolecular Hbond substituents is 1. The van der Waals surface area contributed by atoms with Crippen molar-refractivity contribution in [2.45, 2.75) is 6.54 Å². The fourth-order valence-electron chi connectivity index (χ4n) is 3.71. The van der Waals surface area contributed by atoms with E-state index in [1.165, 1.54) is 4.88 Å². The molecule has 1 aliphatic rings. The highest BCUT2D eigenvalue weighted by Gasteiger charge is 2.18. The monoisotopic (exact) mass is 434 g/mol. The van der Waals surface area contributed by atoms with Crippen LogP contribution in [0.1, 0.15) is 15.2 Å². The van der Waals surface area contributed by atoms with E-state index < -0.39 is 0 Å². The van der Waals surface area contributed by atoms with E-state index in [9.17, 15) is 9.90 Å². The molecule has 0 aliphatic carbocycles. The topological polar surface area (TPSA) is 53.0 Å². The Labute approximate surface area is 186 Å². The van der Waals surface area contributed by atoms with Crippen LogP contribution in [0, 0.1) is 0 Å². The number of hydrogen-bond acceptors (Lipinski definition) is 6. The molecule has 1 N–H and O–H groups in total. The summed E-state index contributed by atoms with van der Waals surface area (Å²) in [6.07, 6.45) is 1.56. The van der Waals surface area contributed by atoms with Crippen molar-refractivity contribution in [2.75, 3.05) is 37.7 Å². The van der Waals surface area contributed by atoms with Gasteiger partial charge in [0.2, 0.25) is 0 Å². The molecule has 0 saturated carbocycles. The number of anilines is 1. The minimum Gasteiger partial charge on any atom is -0.508 e. The molecular weight excluding hydrogens is 408 g/mol. The zero-order valence-electron chi connectivity index (χ0n) is 17.4. The number of thiophene rings is 1. The highest BCUT2D eigenvalue weighted by Crippen LogP contribution is 2.29. The lowest BCUT2D eigenvalue weighted by atomic mass is 10.1. The number of phenols is 1. The molecule has 160 valence electrons. The van der Waals surface area contributed by atoms with Gasteiger partial charge in [0.25, 0.3) is 0 Å². The molecule has 0 atom stereocenters. The third-order valence-electron chi connectivity index (χ3n) is 5.39. The predicted molar refractivity (Wildman–Crippen MR) is 126 cm³/mol. The molecule has 1 aliphatic heterocycles. The molecule has 0 amide bonds. The molecule has 0 radical (unpaired) electrons. The lowest BCUT2D eigenvalue weighted by Gasteiger charge is -2.36. The number of rotatable bonds is 7. The van der Waals surface area contributed by atoms with E-state index in [4.69, 9.17) is 4.74 Å². The molecule has 0 bridgehead atoms. The van der Waals surface area contributed by atoms with Crippen LogP contribution in [0.3, 0.4) is 0 Å². The summed E-state index contributed by atoms with van der Waals surface area (Å²) < 4.78 is 5.08. The molecule has 5 nitrogen and oxygen atoms in total. The SMILES string of the molecule is C=CCOC(=O)c1ccc(N2CCN(Cc3cc(-c4cccc(O)c4)cs3)CC2)cc1. The number of carbonyl (C=O) groups excluding carboxylic acids is 1. The average Bonchev–Trinajstić information content (AvgIpc) is 3.27. The summed E-state index contributed by atoms with van der Waals surface area (Å²) in [5, 5.41) is 11.9. The Hall–Kier alpha value is -3.09. The maximum Gasteiger partial charge on any atom is 0.338 e. The Balaban J connectivity index is 1.30. The Morgan fingerprint density at radius 1 is 1.06 bits per heavy atom. The Morgan fingerprint density at radius 2 is 1.84 bits per heavy atom. The van der Waals surface area contributed by atoms with E-state index >= 15 is 0 Å². The smallest absolute Gasteiger partial charge is 0.338 e. The Kier molecular flexibility index (Phi) is 6.70. The molecule has 2 heterocycles. The summed E-state index contributed by atoms with van der Waals surface area (Å²) in [7, 11) is 0. The first kappa shape index (κ1) is 21.2. The van der Waals surface area contributed by atoms with E-state index in [-0.39, 0.29) is 12.6 Å². The molecule has 1 saturated heterocycles. The maximum atomic E-state index is 11.9. The van der Waals surface area contributed by atoms with Crippen LogP contribution in [0.2, 0.25) is 0 Å². The van der Waals surface area contributed by atoms with Gasteiger partial charge < -0.3 is 14.7 Å². The molecule has 1 fully saturated rings. The minimum atomic E-state index is -0.322. The van der Waals surface area contributed by atoms with Gasteiger partial charge in [0.15, 0.2) is 0 Å². The van der Waals surface area contributed by atoms with Crippen LogP contribution < -0.4 is 4.90 Å². The van der Waals surface area contributed by atoms with Crippen LogP contribution in [0.25, 0.3) is 11.1 Å². The second-order valence-corrected chi connectivity index (χ2v) is 8.55. The van der Waals surface area contributed by atoms with Crippen molar-refractivity contribution >= 4 is 23.0 Å². The number of aromatic hydroxyl groups is 1. The normalized spacial score (nSPS) is 14.4. The van der Waals surface area contributed by atoms with Crippen molar-refractivity contribution in [1.82, 2.24) is 4.90 Å². The van der Waals surface area contributed by atoms with Gasteiger partial charge in [0, 0.05) is 43.3 Å². The first-order chi connectivity index (χ1) is 15.1. The van der Waals surface area contributed by atoms with Crippen LogP contribution in [0.4, 0.5) is 5.69 Å². The van der Waals surface area contributed by atoms with Gasteiger partial charge in [-0.25, -0.2) is 4.79 Å². The van der Waals surface area contributed by atoms with Crippen molar-refractivity contribution in [3.8, 4) is 16.9 Å². The van der Waals surface area contributed by atoms with E-state index in [0.717, 1.165) is 49.5 Å². The number of carbonyl (C=O) groups is 1. The molecule has 6 heteroatoms. The standard InChI is InChI=1S/C25H26N2O3S/c1-2-14-30-25(29)19-6-8-22(9-7-19)27-12-10-26(11-13-27)17-24-16-21(18-31-24)20-4-3-5-23(28)15-20/h2-9,15-16,18,28H,1,10-14,17H2. The molecule has 0 spiro atoms. The van der Waals surface area contributed by atoms with E-state index in [1.54, 1.807) is 29.5 Å². The van der Waals surface area contributed by atoms with E-state index in [2.05, 4.69) is 27.8 Å². The predicted octanol–water partition coefficient (Wildman–Crippen LogP) is 4.79. The van der Waals surface area contributed by atoms with Crippen molar-refractivity contribution in [2.24, 2.45) is 0 Å². The summed E-state index contributed by atoms with van der Waals surface area (Å²) in [6.45, 7) is 8.59. The second-order valence-electron chi connectivity index (χ2n) is 7.55. The Bertz CT molecular complexity index is 1040. The fraction of sp³-hybridized carbons (Fsp3) is 0.240. The summed E-state index contributed by atoms with van der Waals surface area (Å²) >= 11 is 1.76. The van der Waals surface area contributed by atoms with Crippen LogP contribution in [0.5, 0.6) is 5.75 Å². The average molecular weight is 435 g/mol. The van der Waals surface area contributed by atoms with Gasteiger partial charge in [-0.15, -0.1) is 11.3 Å². The molecule has 1 aromatic heterocycles. The zero-order valence-corrected chi connectivity index (χ0v) is 18.2. The van der Waals surface area contributed by atoms with Crippen molar-refractivity contribution in [3.05, 3.63) is 83.1 Å². The third kappa shape index (κ3) is 5.34. The maximum absolute atomic E-state index is 11.9. The highest BCUT2D eigenvalue weighted by molar-refractivity contribution is 7.10. The van der Waals surface area contributed by atoms with Crippen LogP contribution in [-0.4, -0.2) is 48.8 Å². The fourth-order valence-corrected chi connectivity index (χ4v) is 4.65. The van der Waals surface area contributed by atoms with Crippen LogP contribution >= 0.6 is 11.3 Å². The number of piperazine rings is 1. The minimum absolute atomic E-state index is 0.224. The van der Waals surface area contributed by atoms with Crippen molar-refractivity contribution < 1.29 is 14.6 Å². The number of nitrogens with zero attached hydrogens (tertiary/aromatic N) is 2. The molecule has 2 aromatic carbocycles. The first-order valence-electron chi connectivity index (χ1n) is 10.3. The second kappa shape index (κ2) is 9.81. The summed E-state index contributed by atoms with van der Waals surface area (Å²) in [5.41, 5.74) is 3.89. The van der Waals surface area contributed by atoms with E-state index in [0.29, 0.717) is 11.3 Å². The van der Waals surface area contributed by atoms with Gasteiger partial charge in [-0.1, -0.05) is 24.8 Å². The van der Waals surface area contributed by atoms with Crippen molar-refractivity contribution in [3.63, 3.8) is 0 Å². The number of hydrogen-bond donors (Lipinski definition) is 1. The van der Waals surface area contributed by atoms with Crippen molar-refractivity contribution in [1.29, 1.82) is 0 Å². The lowest BCUT2D eigenvalue weighted by Crippen LogP contribution is -2.45. The first-order valence-corrected chi connectivity index (χ1v) is 11.2. The molecule has 31 heavy (non-hydrogen) atoms. The van der Waals surface area contributed by atoms with Crippen LogP contribution in [-0.2, 0) is 11.3 Å². The molecule has 0 unspecified atom stereocenters. The van der Waals surface area contributed by atoms with Gasteiger partial charge in [0.05, 0.1) is 5.56 Å². The summed E-state index contributed by atoms with van der Waals surface area (Å²) in [5.74, 6) is -0.0274. The molecule has 3 aromatic rings. The lowest BCUT2D eigenvalue weighted by molar-refractivity contribution is 0.0550. The van der Waals surface area contributed by atoms with Gasteiger partial charge in [-0.3, -0.25) is 4.90 Å². The number of ether oxygens (including phenoxy) is 1. The number of benzene rings is 2. The zero-order chi connectivity index (χ0) is 21.6. The molecular formula is C25H26N2O3S. The third-order valence-corrected chi connectivity index (χ3v) is 6.31. The van der Waals surface area contributed by atoms with Gasteiger partial charge in [-0.05, 0) is 59.0 Å². The van der Waals surface area contributed by atoms with Gasteiger partial charge in [0.1, 0.15) is 12.4 Å². The van der Waals surface area contributed by atoms with Gasteiger partial charge in [-0.2, -0.15) is 0 Å². The summed E-state index contributed by atoms with van der Waals surface area (Å²) in [6, 6.07) is 17.2. The largest absolute Gasteiger partial charge is 0.508 e. The summed E-state index contributed by atoms with van der Waals surface area (Å²) in [4.78, 5) is 18.1. The van der Waals surface area contributed by atoms with E-state index in [1.807, 2.05) is 36.4 Å². The number of esters is 1.